The zero-order valence-electron chi connectivity index (χ0n) is 19.0. The number of hydrogen-bond acceptors (Lipinski definition) is 4. The van der Waals surface area contributed by atoms with Crippen molar-refractivity contribution in [2.24, 2.45) is 0 Å². The molecule has 2 amide bonds. The molecular formula is C27H19Cl2N3O2S2. The molecule has 1 aliphatic rings. The van der Waals surface area contributed by atoms with Crippen LogP contribution in [0.3, 0.4) is 0 Å². The molecule has 1 aromatic heterocycles. The highest BCUT2D eigenvalue weighted by atomic mass is 35.5. The molecule has 0 aliphatic carbocycles. The summed E-state index contributed by atoms with van der Waals surface area (Å²) in [7, 11) is 0. The van der Waals surface area contributed by atoms with Crippen LogP contribution >= 0.6 is 47.2 Å². The normalized spacial score (nSPS) is 14.8. The number of thiocarbonyl (C=S) groups is 1. The first-order chi connectivity index (χ1) is 17.3. The number of nitrogens with one attached hydrogen (secondary N) is 1. The van der Waals surface area contributed by atoms with E-state index >= 15 is 0 Å². The van der Waals surface area contributed by atoms with E-state index in [1.54, 1.807) is 24.3 Å². The van der Waals surface area contributed by atoms with Gasteiger partial charge in [-0.25, -0.2) is 0 Å². The van der Waals surface area contributed by atoms with Gasteiger partial charge in [-0.1, -0.05) is 71.4 Å². The maximum absolute atomic E-state index is 13.2. The summed E-state index contributed by atoms with van der Waals surface area (Å²) in [5.41, 5.74) is 6.93. The highest BCUT2D eigenvalue weighted by Crippen LogP contribution is 2.35. The third-order valence-corrected chi connectivity index (χ3v) is 7.88. The van der Waals surface area contributed by atoms with Crippen molar-refractivity contribution in [3.8, 4) is 0 Å². The van der Waals surface area contributed by atoms with Gasteiger partial charge in [-0.2, -0.15) is 5.01 Å². The van der Waals surface area contributed by atoms with Gasteiger partial charge in [-0.05, 0) is 67.2 Å². The van der Waals surface area contributed by atoms with Crippen molar-refractivity contribution in [1.82, 2.24) is 15.0 Å². The Balaban J connectivity index is 1.47. The zero-order valence-corrected chi connectivity index (χ0v) is 22.1. The van der Waals surface area contributed by atoms with E-state index in [0.717, 1.165) is 44.5 Å². The van der Waals surface area contributed by atoms with Crippen molar-refractivity contribution in [3.63, 3.8) is 0 Å². The molecule has 5 nitrogen and oxygen atoms in total. The smallest absolute Gasteiger partial charge is 0.285 e. The Morgan fingerprint density at radius 3 is 2.47 bits per heavy atom. The van der Waals surface area contributed by atoms with E-state index in [1.165, 1.54) is 0 Å². The Morgan fingerprint density at radius 1 is 1.03 bits per heavy atom. The van der Waals surface area contributed by atoms with Crippen LogP contribution in [0.25, 0.3) is 17.0 Å². The minimum atomic E-state index is -0.447. The van der Waals surface area contributed by atoms with Gasteiger partial charge in [0, 0.05) is 44.3 Å². The summed E-state index contributed by atoms with van der Waals surface area (Å²) in [6.07, 6.45) is 1.84. The van der Waals surface area contributed by atoms with E-state index in [0.29, 0.717) is 27.1 Å². The molecule has 1 saturated heterocycles. The first-order valence-corrected chi connectivity index (χ1v) is 13.0. The van der Waals surface area contributed by atoms with Crippen LogP contribution in [0.15, 0.2) is 77.7 Å². The lowest BCUT2D eigenvalue weighted by Gasteiger charge is -2.15. The van der Waals surface area contributed by atoms with Gasteiger partial charge >= 0.3 is 0 Å². The second-order valence-electron chi connectivity index (χ2n) is 8.16. The molecule has 3 aromatic carbocycles. The first kappa shape index (κ1) is 24.6. The number of carbonyl (C=O) groups is 2. The number of amides is 2. The summed E-state index contributed by atoms with van der Waals surface area (Å²) in [6, 6.07) is 22.2. The van der Waals surface area contributed by atoms with E-state index in [-0.39, 0.29) is 10.2 Å². The van der Waals surface area contributed by atoms with Crippen LogP contribution in [-0.4, -0.2) is 25.7 Å². The van der Waals surface area contributed by atoms with Crippen LogP contribution < -0.4 is 5.43 Å². The van der Waals surface area contributed by atoms with Crippen LogP contribution in [0.4, 0.5) is 0 Å². The molecule has 1 aliphatic heterocycles. The number of fused-ring (bicyclic) bond motifs is 1. The van der Waals surface area contributed by atoms with Crippen molar-refractivity contribution in [1.29, 1.82) is 0 Å². The molecule has 0 bridgehead atoms. The Kier molecular flexibility index (Phi) is 6.90. The van der Waals surface area contributed by atoms with Gasteiger partial charge in [0.2, 0.25) is 0 Å². The van der Waals surface area contributed by atoms with Crippen molar-refractivity contribution in [3.05, 3.63) is 110 Å². The van der Waals surface area contributed by atoms with Crippen LogP contribution in [0.1, 0.15) is 27.2 Å². The summed E-state index contributed by atoms with van der Waals surface area (Å²) in [4.78, 5) is 26.3. The second-order valence-corrected chi connectivity index (χ2v) is 10.7. The third-order valence-electron chi connectivity index (χ3n) is 5.95. The van der Waals surface area contributed by atoms with E-state index in [9.17, 15) is 9.59 Å². The monoisotopic (exact) mass is 551 g/mol. The molecule has 0 radical (unpaired) electrons. The average Bonchev–Trinajstić information content (AvgIpc) is 3.29. The number of aromatic nitrogens is 1. The number of benzene rings is 3. The van der Waals surface area contributed by atoms with Gasteiger partial charge < -0.3 is 4.57 Å². The standard InChI is InChI=1S/C27H19Cl2N3O2S2/c1-16-21(20-7-3-5-9-23(20)31(16)15-18-6-2-4-8-22(18)29)14-24-26(34)32(27(35)36-24)30-25(33)17-10-12-19(28)13-11-17/h2-14H,15H2,1H3,(H,30,33)/b24-14-. The maximum atomic E-state index is 13.2. The molecule has 4 aromatic rings. The molecule has 2 heterocycles. The predicted octanol–water partition coefficient (Wildman–Crippen LogP) is 6.85. The molecule has 1 N–H and O–H groups in total. The summed E-state index contributed by atoms with van der Waals surface area (Å²) in [6.45, 7) is 2.61. The molecule has 0 atom stereocenters. The van der Waals surface area contributed by atoms with Gasteiger partial charge in [0.1, 0.15) is 0 Å². The quantitative estimate of drug-likeness (QED) is 0.217. The minimum Gasteiger partial charge on any atom is -0.340 e. The Labute approximate surface area is 227 Å². The van der Waals surface area contributed by atoms with Crippen molar-refractivity contribution >= 4 is 80.3 Å². The van der Waals surface area contributed by atoms with Crippen LogP contribution in [0.5, 0.6) is 0 Å². The fraction of sp³-hybridized carbons (Fsp3) is 0.0741. The number of hydrogen-bond donors (Lipinski definition) is 1. The molecule has 0 saturated carbocycles. The van der Waals surface area contributed by atoms with Crippen LogP contribution in [0.2, 0.25) is 10.0 Å². The average molecular weight is 553 g/mol. The van der Waals surface area contributed by atoms with Gasteiger partial charge in [-0.15, -0.1) is 0 Å². The maximum Gasteiger partial charge on any atom is 0.285 e. The summed E-state index contributed by atoms with van der Waals surface area (Å²) in [5.74, 6) is -0.827. The lowest BCUT2D eigenvalue weighted by Crippen LogP contribution is -2.44. The summed E-state index contributed by atoms with van der Waals surface area (Å²) < 4.78 is 2.44. The fourth-order valence-corrected chi connectivity index (χ4v) is 5.59. The topological polar surface area (TPSA) is 54.3 Å². The van der Waals surface area contributed by atoms with Gasteiger partial charge in [0.05, 0.1) is 4.91 Å². The van der Waals surface area contributed by atoms with E-state index in [1.807, 2.05) is 61.5 Å². The Hall–Kier alpha value is -3.10. The number of rotatable bonds is 5. The lowest BCUT2D eigenvalue weighted by molar-refractivity contribution is -0.123. The molecule has 1 fully saturated rings. The van der Waals surface area contributed by atoms with Gasteiger partial charge in [0.25, 0.3) is 11.8 Å². The SMILES string of the molecule is Cc1c(/C=C2\SC(=S)N(NC(=O)c3ccc(Cl)cc3)C2=O)c2ccccc2n1Cc1ccccc1Cl. The molecular weight excluding hydrogens is 533 g/mol. The second kappa shape index (κ2) is 10.1. The Morgan fingerprint density at radius 2 is 1.72 bits per heavy atom. The van der Waals surface area contributed by atoms with E-state index < -0.39 is 5.91 Å². The molecule has 180 valence electrons. The first-order valence-electron chi connectivity index (χ1n) is 11.0. The summed E-state index contributed by atoms with van der Waals surface area (Å²) >= 11 is 18.9. The fourth-order valence-electron chi connectivity index (χ4n) is 4.10. The lowest BCUT2D eigenvalue weighted by atomic mass is 10.1. The van der Waals surface area contributed by atoms with Gasteiger partial charge in [0.15, 0.2) is 4.32 Å². The molecule has 9 heteroatoms. The van der Waals surface area contributed by atoms with Crippen molar-refractivity contribution in [2.75, 3.05) is 0 Å². The highest BCUT2D eigenvalue weighted by molar-refractivity contribution is 8.26. The molecule has 0 spiro atoms. The largest absolute Gasteiger partial charge is 0.340 e. The van der Waals surface area contributed by atoms with Crippen molar-refractivity contribution < 1.29 is 9.59 Å². The number of para-hydroxylation sites is 1. The van der Waals surface area contributed by atoms with E-state index in [2.05, 4.69) is 9.99 Å². The number of nitrogens with zero attached hydrogens (tertiary/aromatic N) is 2. The Bertz CT molecular complexity index is 1560. The van der Waals surface area contributed by atoms with E-state index in [4.69, 9.17) is 35.4 Å². The van der Waals surface area contributed by atoms with Crippen LogP contribution in [-0.2, 0) is 11.3 Å². The minimum absolute atomic E-state index is 0.256. The highest BCUT2D eigenvalue weighted by Gasteiger charge is 2.34. The zero-order chi connectivity index (χ0) is 25.4. The number of carbonyl (C=O) groups excluding carboxylic acids is 2. The third kappa shape index (κ3) is 4.67. The number of hydrazine groups is 1. The number of thioether (sulfide) groups is 1. The van der Waals surface area contributed by atoms with Crippen molar-refractivity contribution in [2.45, 2.75) is 13.5 Å². The van der Waals surface area contributed by atoms with Gasteiger partial charge in [-0.3, -0.25) is 15.0 Å². The molecule has 0 unspecified atom stereocenters. The summed E-state index contributed by atoms with van der Waals surface area (Å²) in [5, 5.41) is 3.34. The molecule has 5 rings (SSSR count). The predicted molar refractivity (Wildman–Crippen MR) is 151 cm³/mol. The van der Waals surface area contributed by atoms with Crippen LogP contribution in [0, 0.1) is 6.92 Å². The number of halogens is 2. The molecule has 36 heavy (non-hydrogen) atoms.